The third-order valence-electron chi connectivity index (χ3n) is 5.73. The van der Waals surface area contributed by atoms with Crippen molar-refractivity contribution in [2.24, 2.45) is 0 Å². The summed E-state index contributed by atoms with van der Waals surface area (Å²) in [7, 11) is 2.41. The molecule has 0 spiro atoms. The summed E-state index contributed by atoms with van der Waals surface area (Å²) in [6, 6.07) is 17.3. The molecule has 0 N–H and O–H groups in total. The van der Waals surface area contributed by atoms with E-state index in [-0.39, 0.29) is 22.4 Å². The van der Waals surface area contributed by atoms with Gasteiger partial charge in [0.25, 0.3) is 0 Å². The van der Waals surface area contributed by atoms with E-state index in [1.54, 1.807) is 40.9 Å². The molecule has 168 valence electrons. The Bertz CT molecular complexity index is 1640. The van der Waals surface area contributed by atoms with Crippen LogP contribution in [0.25, 0.3) is 27.3 Å². The van der Waals surface area contributed by atoms with Crippen LogP contribution >= 0.6 is 11.6 Å². The van der Waals surface area contributed by atoms with Crippen LogP contribution < -0.4 is 0 Å². The Kier molecular flexibility index (Phi) is 5.26. The molecule has 8 heteroatoms. The molecule has 3 aromatic heterocycles. The number of fused-ring (bicyclic) bond motifs is 5. The van der Waals surface area contributed by atoms with Crippen molar-refractivity contribution in [3.05, 3.63) is 94.3 Å². The molecule has 0 radical (unpaired) electrons. The summed E-state index contributed by atoms with van der Waals surface area (Å²) in [5, 5.41) is 2.06. The van der Waals surface area contributed by atoms with E-state index in [2.05, 4.69) is 4.98 Å². The van der Waals surface area contributed by atoms with Gasteiger partial charge in [0.05, 0.1) is 30.8 Å². The second-order valence-corrected chi connectivity index (χ2v) is 7.99. The lowest BCUT2D eigenvalue weighted by atomic mass is 10.0. The van der Waals surface area contributed by atoms with Crippen LogP contribution in [0, 0.1) is 0 Å². The van der Waals surface area contributed by atoms with Gasteiger partial charge >= 0.3 is 11.9 Å². The molecule has 34 heavy (non-hydrogen) atoms. The van der Waals surface area contributed by atoms with Crippen molar-refractivity contribution in [2.75, 3.05) is 14.2 Å². The molecule has 3 heterocycles. The zero-order chi connectivity index (χ0) is 24.0. The number of benzene rings is 2. The number of carbonyl (C=O) groups excluding carboxylic acids is 3. The normalized spacial score (nSPS) is 11.1. The average Bonchev–Trinajstić information content (AvgIpc) is 3.22. The van der Waals surface area contributed by atoms with Gasteiger partial charge in [-0.15, -0.1) is 0 Å². The minimum absolute atomic E-state index is 0.0201. The van der Waals surface area contributed by atoms with E-state index >= 15 is 0 Å². The molecule has 0 bridgehead atoms. The van der Waals surface area contributed by atoms with Crippen LogP contribution in [0.15, 0.2) is 66.9 Å². The first-order chi connectivity index (χ1) is 16.5. The zero-order valence-electron chi connectivity index (χ0n) is 18.2. The van der Waals surface area contributed by atoms with E-state index in [1.807, 2.05) is 30.3 Å². The molecule has 0 amide bonds. The molecule has 0 atom stereocenters. The highest BCUT2D eigenvalue weighted by molar-refractivity contribution is 6.30. The summed E-state index contributed by atoms with van der Waals surface area (Å²) in [5.41, 5.74) is 1.56. The summed E-state index contributed by atoms with van der Waals surface area (Å²) >= 11 is 6.01. The second kappa shape index (κ2) is 8.28. The molecule has 7 nitrogen and oxygen atoms in total. The summed E-state index contributed by atoms with van der Waals surface area (Å²) in [4.78, 5) is 44.3. The van der Waals surface area contributed by atoms with Crippen LogP contribution in [0.5, 0.6) is 0 Å². The van der Waals surface area contributed by atoms with Crippen LogP contribution in [0.2, 0.25) is 5.02 Å². The fourth-order valence-corrected chi connectivity index (χ4v) is 4.35. The number of esters is 2. The lowest BCUT2D eigenvalue weighted by Crippen LogP contribution is -2.15. The van der Waals surface area contributed by atoms with Crippen molar-refractivity contribution in [3.8, 4) is 0 Å². The Labute approximate surface area is 198 Å². The number of methoxy groups -OCH3 is 2. The molecule has 0 aliphatic carbocycles. The topological polar surface area (TPSA) is 87.0 Å². The smallest absolute Gasteiger partial charge is 0.341 e. The number of pyridine rings is 2. The van der Waals surface area contributed by atoms with Crippen LogP contribution in [0.4, 0.5) is 0 Å². The van der Waals surface area contributed by atoms with Crippen molar-refractivity contribution in [2.45, 2.75) is 0 Å². The molecule has 0 fully saturated rings. The maximum absolute atomic E-state index is 13.9. The first-order valence-electron chi connectivity index (χ1n) is 10.3. The lowest BCUT2D eigenvalue weighted by Gasteiger charge is -2.10. The van der Waals surface area contributed by atoms with Crippen LogP contribution in [0.3, 0.4) is 0 Å². The third kappa shape index (κ3) is 3.21. The van der Waals surface area contributed by atoms with Gasteiger partial charge in [0.15, 0.2) is 0 Å². The predicted molar refractivity (Wildman–Crippen MR) is 128 cm³/mol. The number of aromatic nitrogens is 2. The molecular formula is C26H17ClN2O5. The van der Waals surface area contributed by atoms with Crippen molar-refractivity contribution in [3.63, 3.8) is 0 Å². The fourth-order valence-electron chi connectivity index (χ4n) is 4.23. The highest BCUT2D eigenvalue weighted by Crippen LogP contribution is 2.34. The highest BCUT2D eigenvalue weighted by Gasteiger charge is 2.34. The largest absolute Gasteiger partial charge is 0.465 e. The van der Waals surface area contributed by atoms with Gasteiger partial charge in [-0.05, 0) is 36.4 Å². The molecule has 5 rings (SSSR count). The molecule has 0 unspecified atom stereocenters. The van der Waals surface area contributed by atoms with E-state index in [0.29, 0.717) is 21.6 Å². The zero-order valence-corrected chi connectivity index (χ0v) is 18.9. The minimum atomic E-state index is -0.831. The van der Waals surface area contributed by atoms with E-state index in [9.17, 15) is 14.4 Å². The summed E-state index contributed by atoms with van der Waals surface area (Å²) in [6.45, 7) is 0. The number of hydrogen-bond acceptors (Lipinski definition) is 6. The van der Waals surface area contributed by atoms with Gasteiger partial charge in [0, 0.05) is 27.6 Å². The molecule has 0 saturated carbocycles. The number of hydrogen-bond donors (Lipinski definition) is 0. The Balaban J connectivity index is 2.03. The monoisotopic (exact) mass is 472 g/mol. The molecule has 0 aliphatic heterocycles. The predicted octanol–water partition coefficient (Wildman–Crippen LogP) is 5.10. The van der Waals surface area contributed by atoms with Gasteiger partial charge in [-0.1, -0.05) is 35.9 Å². The van der Waals surface area contributed by atoms with Crippen molar-refractivity contribution in [1.29, 1.82) is 0 Å². The fraction of sp³-hybridized carbons (Fsp3) is 0.0769. The van der Waals surface area contributed by atoms with Crippen LogP contribution in [-0.4, -0.2) is 41.3 Å². The standard InChI is InChI=1S/C26H17ClN2O5/c1-33-25(31)19-18-12-9-15-6-5-14-4-3-13-28-21(14)22(15)29(18)23(20(19)26(32)34-2)24(30)16-7-10-17(27)11-8-16/h3-13H,1-2H3. The second-order valence-electron chi connectivity index (χ2n) is 7.55. The maximum atomic E-state index is 13.9. The third-order valence-corrected chi connectivity index (χ3v) is 5.98. The van der Waals surface area contributed by atoms with Gasteiger partial charge in [-0.25, -0.2) is 9.59 Å². The minimum Gasteiger partial charge on any atom is -0.465 e. The van der Waals surface area contributed by atoms with Crippen LogP contribution in [-0.2, 0) is 9.47 Å². The van der Waals surface area contributed by atoms with E-state index in [4.69, 9.17) is 21.1 Å². The summed E-state index contributed by atoms with van der Waals surface area (Å²) in [6.07, 6.45) is 1.65. The van der Waals surface area contributed by atoms with E-state index in [1.165, 1.54) is 14.2 Å². The molecule has 2 aromatic carbocycles. The highest BCUT2D eigenvalue weighted by atomic mass is 35.5. The van der Waals surface area contributed by atoms with Gasteiger partial charge < -0.3 is 13.9 Å². The number of ether oxygens (including phenoxy) is 2. The number of ketones is 1. The molecular weight excluding hydrogens is 456 g/mol. The van der Waals surface area contributed by atoms with E-state index in [0.717, 1.165) is 10.8 Å². The van der Waals surface area contributed by atoms with Gasteiger partial charge in [-0.2, -0.15) is 0 Å². The first kappa shape index (κ1) is 21.6. The van der Waals surface area contributed by atoms with Gasteiger partial charge in [-0.3, -0.25) is 9.78 Å². The van der Waals surface area contributed by atoms with Crippen molar-refractivity contribution in [1.82, 2.24) is 9.38 Å². The summed E-state index contributed by atoms with van der Waals surface area (Å²) < 4.78 is 11.6. The molecule has 0 aliphatic rings. The number of carbonyl (C=O) groups is 3. The van der Waals surface area contributed by atoms with Crippen LogP contribution in [0.1, 0.15) is 36.8 Å². The Morgan fingerprint density at radius 2 is 1.47 bits per heavy atom. The Morgan fingerprint density at radius 3 is 2.18 bits per heavy atom. The molecule has 0 saturated heterocycles. The number of halogens is 1. The van der Waals surface area contributed by atoms with Crippen molar-refractivity contribution < 1.29 is 23.9 Å². The number of nitrogens with zero attached hydrogens (tertiary/aromatic N) is 2. The first-order valence-corrected chi connectivity index (χ1v) is 10.7. The lowest BCUT2D eigenvalue weighted by molar-refractivity contribution is 0.0556. The Hall–Kier alpha value is -4.23. The maximum Gasteiger partial charge on any atom is 0.341 e. The van der Waals surface area contributed by atoms with Gasteiger partial charge in [0.2, 0.25) is 5.78 Å². The van der Waals surface area contributed by atoms with Gasteiger partial charge in [0.1, 0.15) is 16.8 Å². The summed E-state index contributed by atoms with van der Waals surface area (Å²) in [5.74, 6) is -2.08. The quantitative estimate of drug-likeness (QED) is 0.205. The molecule has 5 aromatic rings. The average molecular weight is 473 g/mol. The van der Waals surface area contributed by atoms with Crippen molar-refractivity contribution >= 4 is 56.6 Å². The number of rotatable bonds is 4. The van der Waals surface area contributed by atoms with E-state index < -0.39 is 17.7 Å². The SMILES string of the molecule is COC(=O)c1c(C(=O)OC)c2ccc3ccc4cccnc4c3n2c1C(=O)c1ccc(Cl)cc1. The Morgan fingerprint density at radius 1 is 0.824 bits per heavy atom.